The number of hydrogen-bond acceptors (Lipinski definition) is 4. The lowest BCUT2D eigenvalue weighted by molar-refractivity contribution is 0.318. The molecule has 0 aliphatic rings. The van der Waals surface area contributed by atoms with Gasteiger partial charge in [0.2, 0.25) is 0 Å². The molecule has 2 aromatic heterocycles. The van der Waals surface area contributed by atoms with Crippen LogP contribution in [-0.4, -0.2) is 30.6 Å². The van der Waals surface area contributed by atoms with Gasteiger partial charge in [-0.25, -0.2) is 0 Å². The van der Waals surface area contributed by atoms with E-state index in [1.807, 2.05) is 48.3 Å². The first-order valence-electron chi connectivity index (χ1n) is 6.09. The van der Waals surface area contributed by atoms with Crippen LogP contribution in [-0.2, 0) is 13.6 Å². The third-order valence-corrected chi connectivity index (χ3v) is 3.16. The van der Waals surface area contributed by atoms with Crippen molar-refractivity contribution < 1.29 is 5.21 Å². The molecule has 3 aromatic rings. The number of nitrogens with two attached hydrogens (primary N) is 1. The van der Waals surface area contributed by atoms with Crippen molar-refractivity contribution in [1.29, 1.82) is 0 Å². The molecule has 0 unspecified atom stereocenters. The molecule has 20 heavy (non-hydrogen) atoms. The molecule has 0 fully saturated rings. The lowest BCUT2D eigenvalue weighted by Gasteiger charge is -2.04. The first-order chi connectivity index (χ1) is 9.67. The number of hydrogen-bond donors (Lipinski definition) is 2. The van der Waals surface area contributed by atoms with Gasteiger partial charge in [0.15, 0.2) is 5.84 Å². The minimum Gasteiger partial charge on any atom is -0.409 e. The van der Waals surface area contributed by atoms with Gasteiger partial charge >= 0.3 is 0 Å². The van der Waals surface area contributed by atoms with Gasteiger partial charge in [0.1, 0.15) is 5.69 Å². The summed E-state index contributed by atoms with van der Waals surface area (Å²) in [5, 5.41) is 20.9. The minimum absolute atomic E-state index is 0.0964. The molecule has 0 aliphatic heterocycles. The SMILES string of the molecule is Cn1cc(Cn2ccc3ccc(/C(N)=N/O)cc32)nn1. The Kier molecular flexibility index (Phi) is 2.86. The van der Waals surface area contributed by atoms with Gasteiger partial charge in [-0.2, -0.15) is 0 Å². The minimum atomic E-state index is 0.0964. The zero-order chi connectivity index (χ0) is 14.1. The average molecular weight is 270 g/mol. The number of amidine groups is 1. The summed E-state index contributed by atoms with van der Waals surface area (Å²) in [4.78, 5) is 0. The second-order valence-electron chi connectivity index (χ2n) is 4.59. The molecule has 3 N–H and O–H groups in total. The number of benzene rings is 1. The predicted octanol–water partition coefficient (Wildman–Crippen LogP) is 0.913. The van der Waals surface area contributed by atoms with Crippen molar-refractivity contribution in [1.82, 2.24) is 19.6 Å². The van der Waals surface area contributed by atoms with Crippen LogP contribution in [0.25, 0.3) is 10.9 Å². The standard InChI is InChI=1S/C13H14N6O/c1-18-7-11(15-17-18)8-19-5-4-9-2-3-10(6-12(9)19)13(14)16-20/h2-7,20H,8H2,1H3,(H2,14,16). The van der Waals surface area contributed by atoms with Crippen molar-refractivity contribution in [3.63, 3.8) is 0 Å². The Bertz CT molecular complexity index is 785. The molecule has 3 rings (SSSR count). The van der Waals surface area contributed by atoms with Crippen LogP contribution in [0.4, 0.5) is 0 Å². The van der Waals surface area contributed by atoms with E-state index in [2.05, 4.69) is 15.5 Å². The third kappa shape index (κ3) is 2.09. The highest BCUT2D eigenvalue weighted by molar-refractivity contribution is 6.00. The van der Waals surface area contributed by atoms with Gasteiger partial charge in [0.25, 0.3) is 0 Å². The quantitative estimate of drug-likeness (QED) is 0.320. The number of oxime groups is 1. The molecule has 0 radical (unpaired) electrons. The van der Waals surface area contributed by atoms with Crippen LogP contribution in [0.5, 0.6) is 0 Å². The summed E-state index contributed by atoms with van der Waals surface area (Å²) < 4.78 is 3.72. The Morgan fingerprint density at radius 3 is 2.95 bits per heavy atom. The van der Waals surface area contributed by atoms with E-state index in [1.165, 1.54) is 0 Å². The molecule has 1 aromatic carbocycles. The zero-order valence-corrected chi connectivity index (χ0v) is 10.9. The Morgan fingerprint density at radius 2 is 2.25 bits per heavy atom. The van der Waals surface area contributed by atoms with Crippen LogP contribution in [0.1, 0.15) is 11.3 Å². The molecule has 7 nitrogen and oxygen atoms in total. The van der Waals surface area contributed by atoms with Crippen molar-refractivity contribution in [3.05, 3.63) is 47.9 Å². The van der Waals surface area contributed by atoms with E-state index in [-0.39, 0.29) is 5.84 Å². The molecule has 0 spiro atoms. The summed E-state index contributed by atoms with van der Waals surface area (Å²) in [6, 6.07) is 7.67. The van der Waals surface area contributed by atoms with Crippen molar-refractivity contribution in [2.75, 3.05) is 0 Å². The van der Waals surface area contributed by atoms with Gasteiger partial charge < -0.3 is 15.5 Å². The highest BCUT2D eigenvalue weighted by atomic mass is 16.4. The maximum absolute atomic E-state index is 8.75. The van der Waals surface area contributed by atoms with Crippen molar-refractivity contribution in [2.24, 2.45) is 17.9 Å². The lowest BCUT2D eigenvalue weighted by Crippen LogP contribution is -2.13. The van der Waals surface area contributed by atoms with Gasteiger partial charge in [-0.05, 0) is 17.5 Å². The van der Waals surface area contributed by atoms with Crippen LogP contribution < -0.4 is 5.73 Å². The molecule has 0 atom stereocenters. The predicted molar refractivity (Wildman–Crippen MR) is 74.6 cm³/mol. The van der Waals surface area contributed by atoms with E-state index in [0.717, 1.165) is 16.6 Å². The van der Waals surface area contributed by atoms with E-state index < -0.39 is 0 Å². The van der Waals surface area contributed by atoms with Crippen LogP contribution >= 0.6 is 0 Å². The van der Waals surface area contributed by atoms with Gasteiger partial charge in [-0.15, -0.1) is 5.10 Å². The van der Waals surface area contributed by atoms with E-state index in [1.54, 1.807) is 4.68 Å². The monoisotopic (exact) mass is 270 g/mol. The average Bonchev–Trinajstić information content (AvgIpc) is 3.05. The summed E-state index contributed by atoms with van der Waals surface area (Å²) in [5.41, 5.74) is 8.18. The van der Waals surface area contributed by atoms with Crippen molar-refractivity contribution in [3.8, 4) is 0 Å². The number of rotatable bonds is 3. The van der Waals surface area contributed by atoms with Gasteiger partial charge in [-0.3, -0.25) is 4.68 Å². The third-order valence-electron chi connectivity index (χ3n) is 3.16. The van der Waals surface area contributed by atoms with Crippen molar-refractivity contribution in [2.45, 2.75) is 6.54 Å². The molecule has 0 saturated carbocycles. The highest BCUT2D eigenvalue weighted by Crippen LogP contribution is 2.18. The fourth-order valence-electron chi connectivity index (χ4n) is 2.18. The van der Waals surface area contributed by atoms with Crippen LogP contribution in [0.15, 0.2) is 41.8 Å². The fraction of sp³-hybridized carbons (Fsp3) is 0.154. The normalized spacial score (nSPS) is 12.2. The van der Waals surface area contributed by atoms with Gasteiger partial charge in [0.05, 0.1) is 6.54 Å². The second kappa shape index (κ2) is 4.69. The van der Waals surface area contributed by atoms with E-state index >= 15 is 0 Å². The first-order valence-corrected chi connectivity index (χ1v) is 6.09. The molecular formula is C13H14N6O. The Balaban J connectivity index is 2.02. The largest absolute Gasteiger partial charge is 0.409 e. The number of aryl methyl sites for hydroxylation is 1. The summed E-state index contributed by atoms with van der Waals surface area (Å²) in [6.07, 6.45) is 3.86. The Hall–Kier alpha value is -2.83. The molecule has 102 valence electrons. The highest BCUT2D eigenvalue weighted by Gasteiger charge is 2.07. The molecule has 0 amide bonds. The van der Waals surface area contributed by atoms with Crippen LogP contribution in [0, 0.1) is 0 Å². The molecular weight excluding hydrogens is 256 g/mol. The Morgan fingerprint density at radius 1 is 1.40 bits per heavy atom. The number of aromatic nitrogens is 4. The summed E-state index contributed by atoms with van der Waals surface area (Å²) in [5.74, 6) is 0.0964. The molecule has 0 aliphatic carbocycles. The maximum Gasteiger partial charge on any atom is 0.170 e. The lowest BCUT2D eigenvalue weighted by atomic mass is 10.1. The van der Waals surface area contributed by atoms with Crippen LogP contribution in [0.3, 0.4) is 0 Å². The molecule has 7 heteroatoms. The summed E-state index contributed by atoms with van der Waals surface area (Å²) in [6.45, 7) is 0.622. The first kappa shape index (κ1) is 12.2. The smallest absolute Gasteiger partial charge is 0.170 e. The fourth-order valence-corrected chi connectivity index (χ4v) is 2.18. The maximum atomic E-state index is 8.75. The van der Waals surface area contributed by atoms with E-state index in [4.69, 9.17) is 10.9 Å². The number of nitrogens with zero attached hydrogens (tertiary/aromatic N) is 5. The van der Waals surface area contributed by atoms with E-state index in [9.17, 15) is 0 Å². The van der Waals surface area contributed by atoms with Crippen molar-refractivity contribution >= 4 is 16.7 Å². The molecule has 0 saturated heterocycles. The summed E-state index contributed by atoms with van der Waals surface area (Å²) in [7, 11) is 1.83. The van der Waals surface area contributed by atoms with E-state index in [0.29, 0.717) is 12.1 Å². The molecule has 0 bridgehead atoms. The van der Waals surface area contributed by atoms with Gasteiger partial charge in [0, 0.05) is 30.5 Å². The second-order valence-corrected chi connectivity index (χ2v) is 4.59. The van der Waals surface area contributed by atoms with Crippen LogP contribution in [0.2, 0.25) is 0 Å². The zero-order valence-electron chi connectivity index (χ0n) is 10.9. The Labute approximate surface area is 114 Å². The summed E-state index contributed by atoms with van der Waals surface area (Å²) >= 11 is 0. The molecule has 2 heterocycles. The number of fused-ring (bicyclic) bond motifs is 1. The topological polar surface area (TPSA) is 94.2 Å². The van der Waals surface area contributed by atoms with Gasteiger partial charge in [-0.1, -0.05) is 22.5 Å².